The van der Waals surface area contributed by atoms with Crippen molar-refractivity contribution in [1.82, 2.24) is 4.98 Å². The highest BCUT2D eigenvalue weighted by atomic mass is 16.5. The van der Waals surface area contributed by atoms with Crippen molar-refractivity contribution in [3.8, 4) is 5.88 Å². The number of nitrogens with zero attached hydrogens (tertiary/aromatic N) is 1. The number of ether oxygens (including phenoxy) is 1. The number of methoxy groups -OCH3 is 1. The Balaban J connectivity index is 2.95. The molecule has 0 radical (unpaired) electrons. The predicted octanol–water partition coefficient (Wildman–Crippen LogP) is -0.257. The summed E-state index contributed by atoms with van der Waals surface area (Å²) in [4.78, 5) is 3.90. The van der Waals surface area contributed by atoms with Crippen molar-refractivity contribution in [2.75, 3.05) is 18.2 Å². The molecule has 1 rings (SSSR count). The minimum Gasteiger partial charge on any atom is -0.481 e. The molecule has 0 saturated heterocycles. The van der Waals surface area contributed by atoms with E-state index >= 15 is 0 Å². The van der Waals surface area contributed by atoms with Gasteiger partial charge in [-0.1, -0.05) is 0 Å². The Morgan fingerprint density at radius 3 is 2.64 bits per heavy atom. The van der Waals surface area contributed by atoms with Crippen LogP contribution in [-0.4, -0.2) is 28.2 Å². The van der Waals surface area contributed by atoms with Crippen molar-refractivity contribution in [2.24, 2.45) is 0 Å². The van der Waals surface area contributed by atoms with E-state index in [1.807, 2.05) is 0 Å². The van der Waals surface area contributed by atoms with Gasteiger partial charge in [-0.05, 0) is 6.07 Å². The van der Waals surface area contributed by atoms with Crippen LogP contribution in [0.1, 0.15) is 6.92 Å². The van der Waals surface area contributed by atoms with Crippen molar-refractivity contribution < 1.29 is 14.9 Å². The molecule has 6 nitrogen and oxygen atoms in total. The zero-order chi connectivity index (χ0) is 10.8. The van der Waals surface area contributed by atoms with Crippen LogP contribution in [0.5, 0.6) is 5.88 Å². The van der Waals surface area contributed by atoms with Crippen LogP contribution in [0.3, 0.4) is 0 Å². The number of hydrogen-bond donors (Lipinski definition) is 4. The molecule has 0 atom stereocenters. The maximum Gasteiger partial charge on any atom is 0.242 e. The predicted molar refractivity (Wildman–Crippen MR) is 51.7 cm³/mol. The van der Waals surface area contributed by atoms with E-state index in [1.165, 1.54) is 7.11 Å². The van der Waals surface area contributed by atoms with Crippen LogP contribution in [-0.2, 0) is 0 Å². The largest absolute Gasteiger partial charge is 0.481 e. The number of nitrogens with two attached hydrogens (primary N) is 1. The third-order valence-electron chi connectivity index (χ3n) is 1.47. The fourth-order valence-electron chi connectivity index (χ4n) is 0.890. The van der Waals surface area contributed by atoms with Gasteiger partial charge in [0.05, 0.1) is 12.8 Å². The number of aliphatic hydroxyl groups is 2. The Kier molecular flexibility index (Phi) is 2.78. The van der Waals surface area contributed by atoms with Crippen LogP contribution in [0.4, 0.5) is 11.5 Å². The molecule has 0 spiro atoms. The second-order valence-corrected chi connectivity index (χ2v) is 2.94. The lowest BCUT2D eigenvalue weighted by molar-refractivity contribution is -0.119. The summed E-state index contributed by atoms with van der Waals surface area (Å²) in [5, 5.41) is 20.5. The molecule has 0 saturated carbocycles. The summed E-state index contributed by atoms with van der Waals surface area (Å²) < 4.78 is 4.85. The topological polar surface area (TPSA) is 101 Å². The van der Waals surface area contributed by atoms with Crippen LogP contribution in [0.2, 0.25) is 0 Å². The Hall–Kier alpha value is -1.53. The maximum atomic E-state index is 9.07. The monoisotopic (exact) mass is 199 g/mol. The molecule has 0 fully saturated rings. The molecule has 78 valence electrons. The van der Waals surface area contributed by atoms with Gasteiger partial charge in [-0.15, -0.1) is 0 Å². The van der Waals surface area contributed by atoms with Gasteiger partial charge in [0.1, 0.15) is 0 Å². The molecule has 0 bridgehead atoms. The number of nitrogens with one attached hydrogen (secondary N) is 1. The van der Waals surface area contributed by atoms with Crippen molar-refractivity contribution >= 4 is 11.5 Å². The van der Waals surface area contributed by atoms with Crippen molar-refractivity contribution in [2.45, 2.75) is 12.8 Å². The highest BCUT2D eigenvalue weighted by Gasteiger charge is 2.17. The molecular weight excluding hydrogens is 186 g/mol. The highest BCUT2D eigenvalue weighted by Crippen LogP contribution is 2.21. The number of rotatable bonds is 3. The SMILES string of the molecule is COc1ccc(N)c(NC(C)(O)O)n1. The first-order valence-corrected chi connectivity index (χ1v) is 3.96. The molecule has 0 unspecified atom stereocenters. The zero-order valence-corrected chi connectivity index (χ0v) is 7.98. The van der Waals surface area contributed by atoms with Crippen molar-refractivity contribution in [1.29, 1.82) is 0 Å². The lowest BCUT2D eigenvalue weighted by Crippen LogP contribution is -2.34. The maximum absolute atomic E-state index is 9.07. The number of pyridine rings is 1. The van der Waals surface area contributed by atoms with E-state index in [9.17, 15) is 0 Å². The highest BCUT2D eigenvalue weighted by molar-refractivity contribution is 5.62. The molecule has 0 aliphatic carbocycles. The summed E-state index contributed by atoms with van der Waals surface area (Å²) in [6.45, 7) is 1.16. The van der Waals surface area contributed by atoms with Crippen LogP contribution in [0.15, 0.2) is 12.1 Å². The second-order valence-electron chi connectivity index (χ2n) is 2.94. The molecular formula is C8H13N3O3. The molecule has 5 N–H and O–H groups in total. The Morgan fingerprint density at radius 1 is 1.50 bits per heavy atom. The average Bonchev–Trinajstić information content (AvgIpc) is 2.06. The number of nitrogen functional groups attached to an aromatic ring is 1. The number of anilines is 2. The molecule has 0 amide bonds. The van der Waals surface area contributed by atoms with Gasteiger partial charge in [-0.25, -0.2) is 0 Å². The second kappa shape index (κ2) is 3.69. The van der Waals surface area contributed by atoms with E-state index < -0.39 is 5.91 Å². The summed E-state index contributed by atoms with van der Waals surface area (Å²) in [5.74, 6) is -1.56. The molecule has 0 aromatic carbocycles. The fourth-order valence-corrected chi connectivity index (χ4v) is 0.890. The van der Waals surface area contributed by atoms with Crippen molar-refractivity contribution in [3.05, 3.63) is 12.1 Å². The first-order chi connectivity index (χ1) is 6.42. The van der Waals surface area contributed by atoms with E-state index in [0.717, 1.165) is 6.92 Å². The first-order valence-electron chi connectivity index (χ1n) is 3.96. The lowest BCUT2D eigenvalue weighted by atomic mass is 10.3. The van der Waals surface area contributed by atoms with E-state index in [1.54, 1.807) is 12.1 Å². The van der Waals surface area contributed by atoms with Gasteiger partial charge in [0.15, 0.2) is 5.82 Å². The van der Waals surface area contributed by atoms with Gasteiger partial charge < -0.3 is 26.0 Å². The lowest BCUT2D eigenvalue weighted by Gasteiger charge is -2.19. The fraction of sp³-hybridized carbons (Fsp3) is 0.375. The minimum absolute atomic E-state index is 0.164. The molecule has 14 heavy (non-hydrogen) atoms. The first kappa shape index (κ1) is 10.6. The van der Waals surface area contributed by atoms with Gasteiger partial charge in [0.2, 0.25) is 11.8 Å². The van der Waals surface area contributed by atoms with Gasteiger partial charge in [-0.2, -0.15) is 4.98 Å². The summed E-state index contributed by atoms with van der Waals surface area (Å²) in [6, 6.07) is 3.13. The standard InChI is InChI=1S/C8H13N3O3/c1-8(12,13)11-7-5(9)3-4-6(10-7)14-2/h3-4,12-13H,9H2,1-2H3,(H,10,11). The summed E-state index contributed by atoms with van der Waals surface area (Å²) in [7, 11) is 1.46. The normalized spacial score (nSPS) is 11.1. The third kappa shape index (κ3) is 2.75. The molecule has 1 heterocycles. The van der Waals surface area contributed by atoms with Gasteiger partial charge in [-0.3, -0.25) is 0 Å². The van der Waals surface area contributed by atoms with E-state index in [4.69, 9.17) is 20.7 Å². The molecule has 0 aliphatic rings. The van der Waals surface area contributed by atoms with Gasteiger partial charge >= 0.3 is 0 Å². The van der Waals surface area contributed by atoms with Gasteiger partial charge in [0, 0.05) is 13.0 Å². The van der Waals surface area contributed by atoms with E-state index in [-0.39, 0.29) is 5.82 Å². The minimum atomic E-state index is -2.06. The van der Waals surface area contributed by atoms with Crippen LogP contribution in [0, 0.1) is 0 Å². The Bertz CT molecular complexity index is 322. The Labute approximate surface area is 81.3 Å². The zero-order valence-electron chi connectivity index (χ0n) is 7.98. The van der Waals surface area contributed by atoms with Crippen LogP contribution >= 0.6 is 0 Å². The van der Waals surface area contributed by atoms with E-state index in [0.29, 0.717) is 11.6 Å². The molecule has 0 aliphatic heterocycles. The molecule has 1 aromatic heterocycles. The molecule has 1 aromatic rings. The quantitative estimate of drug-likeness (QED) is 0.500. The van der Waals surface area contributed by atoms with Crippen LogP contribution < -0.4 is 15.8 Å². The molecule has 6 heteroatoms. The summed E-state index contributed by atoms with van der Waals surface area (Å²) in [5.41, 5.74) is 5.85. The Morgan fingerprint density at radius 2 is 2.14 bits per heavy atom. The van der Waals surface area contributed by atoms with Crippen LogP contribution in [0.25, 0.3) is 0 Å². The van der Waals surface area contributed by atoms with Gasteiger partial charge in [0.25, 0.3) is 0 Å². The number of hydrogen-bond acceptors (Lipinski definition) is 6. The van der Waals surface area contributed by atoms with Crippen molar-refractivity contribution in [3.63, 3.8) is 0 Å². The smallest absolute Gasteiger partial charge is 0.242 e. The summed E-state index contributed by atoms with van der Waals surface area (Å²) >= 11 is 0. The van der Waals surface area contributed by atoms with E-state index in [2.05, 4.69) is 10.3 Å². The summed E-state index contributed by atoms with van der Waals surface area (Å²) in [6.07, 6.45) is 0. The average molecular weight is 199 g/mol. The number of aromatic nitrogens is 1. The third-order valence-corrected chi connectivity index (χ3v) is 1.47.